The number of nitrogens with one attached hydrogen (secondary N) is 3. The topological polar surface area (TPSA) is 139 Å². The quantitative estimate of drug-likeness (QED) is 0.428. The number of hydrogen-bond donors (Lipinski definition) is 3. The van der Waals surface area contributed by atoms with Gasteiger partial charge in [0, 0.05) is 33.1 Å². The van der Waals surface area contributed by atoms with Crippen molar-refractivity contribution in [2.24, 2.45) is 7.05 Å². The Morgan fingerprint density at radius 1 is 1.18 bits per heavy atom. The summed E-state index contributed by atoms with van der Waals surface area (Å²) in [5.74, 6) is 0.643. The maximum Gasteiger partial charge on any atom is 0.273 e. The number of anilines is 3. The van der Waals surface area contributed by atoms with E-state index >= 15 is 0 Å². The van der Waals surface area contributed by atoms with Gasteiger partial charge in [-0.3, -0.25) is 14.3 Å². The van der Waals surface area contributed by atoms with E-state index in [1.807, 2.05) is 12.1 Å². The van der Waals surface area contributed by atoms with Gasteiger partial charge in [-0.15, -0.1) is 10.2 Å². The fraction of sp³-hybridized carbons (Fsp3) is 0.364. The summed E-state index contributed by atoms with van der Waals surface area (Å²) in [6.45, 7) is 2.75. The summed E-state index contributed by atoms with van der Waals surface area (Å²) in [7, 11) is 4.83. The van der Waals surface area contributed by atoms with Crippen LogP contribution in [0.4, 0.5) is 17.2 Å². The molecule has 3 N–H and O–H groups in total. The highest BCUT2D eigenvalue weighted by Gasteiger charge is 2.20. The van der Waals surface area contributed by atoms with Gasteiger partial charge in [0.1, 0.15) is 6.33 Å². The first-order valence-electron chi connectivity index (χ1n) is 10.9. The van der Waals surface area contributed by atoms with Crippen LogP contribution in [0.25, 0.3) is 11.4 Å². The van der Waals surface area contributed by atoms with Crippen LogP contribution >= 0.6 is 0 Å². The third-order valence-corrected chi connectivity index (χ3v) is 5.44. The predicted molar refractivity (Wildman–Crippen MR) is 126 cm³/mol. The molecule has 1 aliphatic rings. The Kier molecular flexibility index (Phi) is 6.97. The lowest BCUT2D eigenvalue weighted by atomic mass is 10.1. The minimum atomic E-state index is -0.424. The summed E-state index contributed by atoms with van der Waals surface area (Å²) in [6, 6.07) is 7.03. The minimum absolute atomic E-state index is 0.0736. The predicted octanol–water partition coefficient (Wildman–Crippen LogP) is 1.42. The van der Waals surface area contributed by atoms with Crippen molar-refractivity contribution in [3.63, 3.8) is 0 Å². The third kappa shape index (κ3) is 5.12. The molecule has 0 bridgehead atoms. The van der Waals surface area contributed by atoms with Crippen molar-refractivity contribution in [2.45, 2.75) is 12.8 Å². The zero-order valence-corrected chi connectivity index (χ0v) is 19.3. The number of methoxy groups -OCH3 is 1. The molecule has 1 aliphatic heterocycles. The first kappa shape index (κ1) is 23.1. The molecule has 2 aromatic heterocycles. The summed E-state index contributed by atoms with van der Waals surface area (Å²) in [6.07, 6.45) is 3.13. The molecule has 178 valence electrons. The van der Waals surface area contributed by atoms with Crippen molar-refractivity contribution in [3.8, 4) is 17.1 Å². The molecule has 12 nitrogen and oxygen atoms in total. The van der Waals surface area contributed by atoms with E-state index in [2.05, 4.69) is 41.1 Å². The smallest absolute Gasteiger partial charge is 0.273 e. The molecule has 3 aromatic rings. The number of hydrogen-bond acceptors (Lipinski definition) is 9. The molecule has 2 amide bonds. The van der Waals surface area contributed by atoms with E-state index in [0.29, 0.717) is 41.5 Å². The second-order valence-electron chi connectivity index (χ2n) is 7.82. The van der Waals surface area contributed by atoms with Gasteiger partial charge >= 0.3 is 0 Å². The third-order valence-electron chi connectivity index (χ3n) is 5.44. The molecule has 3 heterocycles. The Hall–Kier alpha value is -4.06. The molecular weight excluding hydrogens is 438 g/mol. The van der Waals surface area contributed by atoms with Gasteiger partial charge in [0.05, 0.1) is 24.0 Å². The number of carbonyl (C=O) groups is 2. The first-order valence-corrected chi connectivity index (χ1v) is 10.9. The average Bonchev–Trinajstić information content (AvgIpc) is 3.23. The van der Waals surface area contributed by atoms with Crippen LogP contribution in [-0.4, -0.2) is 75.5 Å². The summed E-state index contributed by atoms with van der Waals surface area (Å²) in [5, 5.41) is 20.9. The van der Waals surface area contributed by atoms with Crippen molar-refractivity contribution in [1.29, 1.82) is 0 Å². The normalized spacial score (nSPS) is 13.1. The molecule has 4 rings (SSSR count). The molecule has 0 radical (unpaired) electrons. The van der Waals surface area contributed by atoms with E-state index in [-0.39, 0.29) is 17.4 Å². The van der Waals surface area contributed by atoms with Gasteiger partial charge in [0.2, 0.25) is 5.91 Å². The van der Waals surface area contributed by atoms with Crippen LogP contribution in [0.2, 0.25) is 0 Å². The largest absolute Gasteiger partial charge is 0.494 e. The van der Waals surface area contributed by atoms with Crippen molar-refractivity contribution in [3.05, 3.63) is 36.3 Å². The SMILES string of the molecule is CNC(=O)c1nnc(NC(=O)CCN2CCC2)cc1Nc1cccc(-c2ncn(C)n2)c1OC. The fourth-order valence-corrected chi connectivity index (χ4v) is 3.54. The Morgan fingerprint density at radius 3 is 2.65 bits per heavy atom. The summed E-state index contributed by atoms with van der Waals surface area (Å²) >= 11 is 0. The number of ether oxygens (including phenoxy) is 1. The molecule has 34 heavy (non-hydrogen) atoms. The summed E-state index contributed by atoms with van der Waals surface area (Å²) in [4.78, 5) is 31.3. The summed E-state index contributed by atoms with van der Waals surface area (Å²) < 4.78 is 7.24. The lowest BCUT2D eigenvalue weighted by Crippen LogP contribution is -2.39. The Bertz CT molecular complexity index is 1190. The van der Waals surface area contributed by atoms with E-state index < -0.39 is 5.91 Å². The molecule has 0 aliphatic carbocycles. The molecule has 1 fully saturated rings. The van der Waals surface area contributed by atoms with Crippen molar-refractivity contribution in [1.82, 2.24) is 35.2 Å². The zero-order chi connectivity index (χ0) is 24.1. The second kappa shape index (κ2) is 10.3. The first-order chi connectivity index (χ1) is 16.5. The monoisotopic (exact) mass is 465 g/mol. The van der Waals surface area contributed by atoms with Crippen LogP contribution in [0, 0.1) is 0 Å². The van der Waals surface area contributed by atoms with E-state index in [4.69, 9.17) is 4.74 Å². The van der Waals surface area contributed by atoms with E-state index in [0.717, 1.165) is 13.1 Å². The van der Waals surface area contributed by atoms with Crippen LogP contribution in [0.3, 0.4) is 0 Å². The number of para-hydroxylation sites is 1. The molecule has 1 aromatic carbocycles. The van der Waals surface area contributed by atoms with Gasteiger partial charge in [-0.05, 0) is 31.6 Å². The molecule has 0 saturated carbocycles. The van der Waals surface area contributed by atoms with Crippen molar-refractivity contribution in [2.75, 3.05) is 44.4 Å². The number of rotatable bonds is 9. The van der Waals surface area contributed by atoms with Gasteiger partial charge in [0.25, 0.3) is 5.91 Å². The van der Waals surface area contributed by atoms with Crippen LogP contribution < -0.4 is 20.7 Å². The Balaban J connectivity index is 1.61. The minimum Gasteiger partial charge on any atom is -0.494 e. The van der Waals surface area contributed by atoms with Gasteiger partial charge < -0.3 is 25.6 Å². The van der Waals surface area contributed by atoms with Crippen LogP contribution in [0.1, 0.15) is 23.3 Å². The molecule has 0 unspecified atom stereocenters. The molecular formula is C22H27N9O3. The highest BCUT2D eigenvalue weighted by atomic mass is 16.5. The maximum absolute atomic E-state index is 12.4. The van der Waals surface area contributed by atoms with Crippen LogP contribution in [0.5, 0.6) is 5.75 Å². The highest BCUT2D eigenvalue weighted by Crippen LogP contribution is 2.37. The number of nitrogens with zero attached hydrogens (tertiary/aromatic N) is 6. The van der Waals surface area contributed by atoms with Crippen molar-refractivity contribution < 1.29 is 14.3 Å². The van der Waals surface area contributed by atoms with E-state index in [1.165, 1.54) is 13.5 Å². The Labute approximate surface area is 196 Å². The number of likely N-dealkylation sites (tertiary alicyclic amines) is 1. The van der Waals surface area contributed by atoms with Crippen LogP contribution in [-0.2, 0) is 11.8 Å². The van der Waals surface area contributed by atoms with Gasteiger partial charge in [-0.2, -0.15) is 5.10 Å². The average molecular weight is 466 g/mol. The molecule has 12 heteroatoms. The maximum atomic E-state index is 12.4. The number of amides is 2. The zero-order valence-electron chi connectivity index (χ0n) is 19.3. The molecule has 0 atom stereocenters. The van der Waals surface area contributed by atoms with Gasteiger partial charge in [-0.25, -0.2) is 4.98 Å². The fourth-order valence-electron chi connectivity index (χ4n) is 3.54. The number of aromatic nitrogens is 5. The standard InChI is InChI=1S/C22H27N9O3/c1-23-22(33)19-16(12-17(27-28-19)26-18(32)8-11-31-9-5-10-31)25-15-7-4-6-14(20(15)34-3)21-24-13-30(2)29-21/h4,6-7,12-13H,5,8-11H2,1-3H3,(H,23,33)(H2,25,26,27,32). The molecule has 1 saturated heterocycles. The highest BCUT2D eigenvalue weighted by molar-refractivity contribution is 5.99. The van der Waals surface area contributed by atoms with E-state index in [1.54, 1.807) is 37.3 Å². The number of benzene rings is 1. The van der Waals surface area contributed by atoms with Gasteiger partial charge in [0.15, 0.2) is 23.1 Å². The van der Waals surface area contributed by atoms with Crippen molar-refractivity contribution >= 4 is 29.0 Å². The second-order valence-corrected chi connectivity index (χ2v) is 7.82. The van der Waals surface area contributed by atoms with Crippen LogP contribution in [0.15, 0.2) is 30.6 Å². The molecule has 0 spiro atoms. The Morgan fingerprint density at radius 2 is 2.00 bits per heavy atom. The van der Waals surface area contributed by atoms with Gasteiger partial charge in [-0.1, -0.05) is 6.07 Å². The lowest BCUT2D eigenvalue weighted by molar-refractivity contribution is -0.116. The summed E-state index contributed by atoms with van der Waals surface area (Å²) in [5.41, 5.74) is 1.68. The number of carbonyl (C=O) groups excluding carboxylic acids is 2. The lowest BCUT2D eigenvalue weighted by Gasteiger charge is -2.30. The number of aryl methyl sites for hydroxylation is 1. The van der Waals surface area contributed by atoms with E-state index in [9.17, 15) is 9.59 Å².